The lowest BCUT2D eigenvalue weighted by molar-refractivity contribution is -0.253. The second-order valence-corrected chi connectivity index (χ2v) is 13.0. The summed E-state index contributed by atoms with van der Waals surface area (Å²) in [7, 11) is 0. The number of ether oxygens (including phenoxy) is 2. The van der Waals surface area contributed by atoms with Crippen LogP contribution in [0.5, 0.6) is 0 Å². The van der Waals surface area contributed by atoms with Crippen molar-refractivity contribution in [2.75, 3.05) is 37.6 Å². The van der Waals surface area contributed by atoms with Crippen LogP contribution in [-0.2, 0) is 32.2 Å². The maximum Gasteiger partial charge on any atom is 0.243 e. The summed E-state index contributed by atoms with van der Waals surface area (Å²) < 4.78 is 13.3. The fourth-order valence-electron chi connectivity index (χ4n) is 6.59. The van der Waals surface area contributed by atoms with Crippen molar-refractivity contribution < 1.29 is 29.4 Å². The third kappa shape index (κ3) is 9.96. The van der Waals surface area contributed by atoms with E-state index in [1.54, 1.807) is 17.9 Å². The Morgan fingerprint density at radius 2 is 1.49 bits per heavy atom. The molecule has 3 heterocycles. The van der Waals surface area contributed by atoms with Crippen LogP contribution in [0.2, 0.25) is 0 Å². The highest BCUT2D eigenvalue weighted by Crippen LogP contribution is 2.39. The van der Waals surface area contributed by atoms with Gasteiger partial charge in [-0.05, 0) is 46.7 Å². The Balaban J connectivity index is 1.11. The molecule has 3 aromatic carbocycles. The lowest BCUT2D eigenvalue weighted by Gasteiger charge is -2.40. The Morgan fingerprint density at radius 3 is 2.20 bits per heavy atom. The van der Waals surface area contributed by atoms with Crippen molar-refractivity contribution in [2.24, 2.45) is 0 Å². The van der Waals surface area contributed by atoms with Gasteiger partial charge in [-0.2, -0.15) is 0 Å². The quantitative estimate of drug-likeness (QED) is 0.0833. The van der Waals surface area contributed by atoms with Gasteiger partial charge in [0.05, 0.1) is 18.8 Å². The zero-order valence-corrected chi connectivity index (χ0v) is 28.7. The molecular weight excluding hydrogens is 648 g/mol. The summed E-state index contributed by atoms with van der Waals surface area (Å²) >= 11 is 0. The van der Waals surface area contributed by atoms with E-state index < -0.39 is 12.2 Å². The number of hydroxylamine groups is 1. The number of rotatable bonds is 14. The van der Waals surface area contributed by atoms with Gasteiger partial charge in [0.15, 0.2) is 6.29 Å². The molecule has 2 fully saturated rings. The van der Waals surface area contributed by atoms with Crippen LogP contribution in [0.25, 0.3) is 11.1 Å². The Labute approximate surface area is 298 Å². The van der Waals surface area contributed by atoms with E-state index in [1.807, 2.05) is 66.7 Å². The van der Waals surface area contributed by atoms with Crippen LogP contribution in [0, 0.1) is 0 Å². The molecule has 0 bridgehead atoms. The lowest BCUT2D eigenvalue weighted by atomic mass is 9.97. The zero-order valence-electron chi connectivity index (χ0n) is 28.7. The van der Waals surface area contributed by atoms with Crippen molar-refractivity contribution in [3.05, 3.63) is 114 Å². The molecule has 6 rings (SSSR count). The second kappa shape index (κ2) is 18.0. The fraction of sp³-hybridized carbons (Fsp3) is 0.385. The summed E-state index contributed by atoms with van der Waals surface area (Å²) in [6.45, 7) is 4.63. The zero-order chi connectivity index (χ0) is 35.4. The molecule has 2 saturated heterocycles. The van der Waals surface area contributed by atoms with Gasteiger partial charge >= 0.3 is 0 Å². The van der Waals surface area contributed by atoms with Crippen LogP contribution in [0.4, 0.5) is 5.95 Å². The van der Waals surface area contributed by atoms with Gasteiger partial charge in [0.25, 0.3) is 0 Å². The summed E-state index contributed by atoms with van der Waals surface area (Å²) in [6, 6.07) is 26.0. The molecule has 268 valence electrons. The maximum absolute atomic E-state index is 12.5. The van der Waals surface area contributed by atoms with Crippen molar-refractivity contribution in [2.45, 2.75) is 63.8 Å². The van der Waals surface area contributed by atoms with Crippen molar-refractivity contribution in [1.29, 1.82) is 0 Å². The first kappa shape index (κ1) is 36.1. The van der Waals surface area contributed by atoms with Gasteiger partial charge in [-0.25, -0.2) is 15.4 Å². The number of carbonyl (C=O) groups is 2. The van der Waals surface area contributed by atoms with E-state index in [9.17, 15) is 14.7 Å². The van der Waals surface area contributed by atoms with Gasteiger partial charge in [-0.15, -0.1) is 0 Å². The molecule has 2 aliphatic rings. The number of aliphatic hydroxyl groups excluding tert-OH is 1. The highest BCUT2D eigenvalue weighted by atomic mass is 16.7. The number of amides is 2. The lowest BCUT2D eigenvalue weighted by Crippen LogP contribution is -2.50. The summed E-state index contributed by atoms with van der Waals surface area (Å²) in [5.74, 6) is 0.230. The summed E-state index contributed by atoms with van der Waals surface area (Å²) in [4.78, 5) is 37.1. The maximum atomic E-state index is 12.5. The number of piperazine rings is 1. The smallest absolute Gasteiger partial charge is 0.243 e. The third-order valence-electron chi connectivity index (χ3n) is 9.45. The number of aliphatic hydroxyl groups is 1. The van der Waals surface area contributed by atoms with Crippen LogP contribution in [0.1, 0.15) is 66.8 Å². The van der Waals surface area contributed by atoms with Gasteiger partial charge in [-0.1, -0.05) is 72.8 Å². The van der Waals surface area contributed by atoms with Crippen molar-refractivity contribution in [3.63, 3.8) is 0 Å². The van der Waals surface area contributed by atoms with Gasteiger partial charge in [0.1, 0.15) is 0 Å². The SMILES string of the molecule is O=C(CCCCC(=O)NCc1ccccc1-c1ccc(C2OC(CN3CCN(c4ncccn4)CC3)CC(c3ccc(CO)cc3)O2)cc1)NO. The molecule has 0 radical (unpaired) electrons. The number of benzene rings is 3. The molecule has 1 aromatic heterocycles. The highest BCUT2D eigenvalue weighted by molar-refractivity contribution is 5.77. The van der Waals surface area contributed by atoms with Crippen LogP contribution in [0.3, 0.4) is 0 Å². The Kier molecular flexibility index (Phi) is 12.7. The monoisotopic (exact) mass is 694 g/mol. The second-order valence-electron chi connectivity index (χ2n) is 13.0. The molecule has 0 saturated carbocycles. The number of hydrogen-bond acceptors (Lipinski definition) is 10. The summed E-state index contributed by atoms with van der Waals surface area (Å²) in [5.41, 5.74) is 7.48. The first-order chi connectivity index (χ1) is 25.0. The van der Waals surface area contributed by atoms with E-state index in [4.69, 9.17) is 14.7 Å². The van der Waals surface area contributed by atoms with Gasteiger partial charge in [0, 0.05) is 76.5 Å². The number of nitrogens with zero attached hydrogens (tertiary/aromatic N) is 4. The molecule has 12 nitrogen and oxygen atoms in total. The van der Waals surface area contributed by atoms with E-state index in [2.05, 4.69) is 37.2 Å². The molecule has 0 aliphatic carbocycles. The molecule has 4 aromatic rings. The number of aromatic nitrogens is 2. The molecule has 51 heavy (non-hydrogen) atoms. The van der Waals surface area contributed by atoms with Gasteiger partial charge in [0.2, 0.25) is 17.8 Å². The largest absolute Gasteiger partial charge is 0.392 e. The average Bonchev–Trinajstić information content (AvgIpc) is 3.19. The van der Waals surface area contributed by atoms with Crippen molar-refractivity contribution >= 4 is 17.8 Å². The van der Waals surface area contributed by atoms with E-state index in [-0.39, 0.29) is 31.1 Å². The molecule has 2 aliphatic heterocycles. The Morgan fingerprint density at radius 1 is 0.804 bits per heavy atom. The average molecular weight is 695 g/mol. The Bertz CT molecular complexity index is 1700. The van der Waals surface area contributed by atoms with E-state index in [0.717, 1.165) is 72.1 Å². The van der Waals surface area contributed by atoms with E-state index >= 15 is 0 Å². The van der Waals surface area contributed by atoms with Crippen molar-refractivity contribution in [1.82, 2.24) is 25.7 Å². The molecule has 2 amide bonds. The number of anilines is 1. The predicted octanol–water partition coefficient (Wildman–Crippen LogP) is 4.69. The van der Waals surface area contributed by atoms with Crippen LogP contribution in [0.15, 0.2) is 91.3 Å². The van der Waals surface area contributed by atoms with Crippen LogP contribution >= 0.6 is 0 Å². The number of hydrogen-bond donors (Lipinski definition) is 4. The first-order valence-electron chi connectivity index (χ1n) is 17.6. The predicted molar refractivity (Wildman–Crippen MR) is 191 cm³/mol. The van der Waals surface area contributed by atoms with E-state index in [1.165, 1.54) is 0 Å². The minimum atomic E-state index is -0.558. The van der Waals surface area contributed by atoms with Crippen LogP contribution < -0.4 is 15.7 Å². The Hall–Kier alpha value is -4.72. The van der Waals surface area contributed by atoms with Gasteiger partial charge < -0.3 is 24.8 Å². The van der Waals surface area contributed by atoms with E-state index in [0.29, 0.717) is 32.2 Å². The number of unbranched alkanes of at least 4 members (excludes halogenated alkanes) is 1. The minimum Gasteiger partial charge on any atom is -0.392 e. The molecule has 3 atom stereocenters. The number of nitrogens with one attached hydrogen (secondary N) is 2. The molecule has 3 unspecified atom stereocenters. The standard InChI is InChI=1S/C39H46N6O6/c46-27-28-10-12-30(13-11-28)35-24-33(26-44-20-22-45(23-21-44)39-40-18-5-19-41-39)50-38(51-35)31-16-14-29(15-17-31)34-7-2-1-6-32(34)25-42-36(47)8-3-4-9-37(48)43-49/h1-2,5-7,10-19,33,35,38,46,49H,3-4,8-9,20-27H2,(H,42,47)(H,43,48). The number of carbonyl (C=O) groups excluding carboxylic acids is 2. The normalized spacial score (nSPS) is 19.4. The summed E-state index contributed by atoms with van der Waals surface area (Å²) in [6.07, 6.45) is 5.06. The third-order valence-corrected chi connectivity index (χ3v) is 9.45. The van der Waals surface area contributed by atoms with Gasteiger partial charge in [-0.3, -0.25) is 19.7 Å². The summed E-state index contributed by atoms with van der Waals surface area (Å²) in [5, 5.41) is 21.2. The first-order valence-corrected chi connectivity index (χ1v) is 17.6. The topological polar surface area (TPSA) is 149 Å². The molecule has 4 N–H and O–H groups in total. The molecular formula is C39H46N6O6. The molecule has 0 spiro atoms. The van der Waals surface area contributed by atoms with Crippen molar-refractivity contribution in [3.8, 4) is 11.1 Å². The molecule has 12 heteroatoms. The fourth-order valence-corrected chi connectivity index (χ4v) is 6.59. The highest BCUT2D eigenvalue weighted by Gasteiger charge is 2.34. The van der Waals surface area contributed by atoms with Crippen LogP contribution in [-0.4, -0.2) is 75.8 Å². The minimum absolute atomic E-state index is 0.00456.